The third kappa shape index (κ3) is 4.87. The second kappa shape index (κ2) is 8.39. The van der Waals surface area contributed by atoms with Gasteiger partial charge < -0.3 is 18.8 Å². The third-order valence-electron chi connectivity index (χ3n) is 3.65. The van der Waals surface area contributed by atoms with Crippen LogP contribution in [0.5, 0.6) is 11.5 Å². The Kier molecular flexibility index (Phi) is 5.74. The maximum atomic E-state index is 12.6. The molecule has 0 fully saturated rings. The largest absolute Gasteiger partial charge is 0.497 e. The van der Waals surface area contributed by atoms with E-state index >= 15 is 0 Å². The molecule has 1 amide bonds. The monoisotopic (exact) mass is 357 g/mol. The Hall–Kier alpha value is -2.73. The highest BCUT2D eigenvalue weighted by atomic mass is 32.1. The number of carbonyl (C=O) groups excluding carboxylic acids is 1. The van der Waals surface area contributed by atoms with E-state index in [0.29, 0.717) is 18.8 Å². The van der Waals surface area contributed by atoms with Gasteiger partial charge in [-0.25, -0.2) is 0 Å². The Balaban J connectivity index is 1.62. The van der Waals surface area contributed by atoms with Gasteiger partial charge in [0.25, 0.3) is 5.91 Å². The number of hydrogen-bond acceptors (Lipinski definition) is 5. The number of hydrogen-bond donors (Lipinski definition) is 0. The lowest BCUT2D eigenvalue weighted by atomic mass is 10.3. The van der Waals surface area contributed by atoms with Gasteiger partial charge in [0.1, 0.15) is 11.5 Å². The minimum atomic E-state index is -0.0783. The van der Waals surface area contributed by atoms with Gasteiger partial charge in [0.2, 0.25) is 0 Å². The minimum absolute atomic E-state index is 0.0183. The first kappa shape index (κ1) is 17.1. The zero-order chi connectivity index (χ0) is 17.5. The van der Waals surface area contributed by atoms with E-state index in [4.69, 9.17) is 13.9 Å². The summed E-state index contributed by atoms with van der Waals surface area (Å²) in [5.41, 5.74) is 0.953. The highest BCUT2D eigenvalue weighted by Gasteiger charge is 2.16. The molecular weight excluding hydrogens is 338 g/mol. The molecule has 0 radical (unpaired) electrons. The Morgan fingerprint density at radius 3 is 2.56 bits per heavy atom. The molecule has 0 aliphatic rings. The van der Waals surface area contributed by atoms with E-state index in [1.165, 1.54) is 0 Å². The van der Waals surface area contributed by atoms with Gasteiger partial charge in [0.15, 0.2) is 6.61 Å². The molecule has 0 N–H and O–H groups in total. The molecule has 3 rings (SSSR count). The molecule has 2 aromatic heterocycles. The van der Waals surface area contributed by atoms with E-state index in [2.05, 4.69) is 0 Å². The number of carbonyl (C=O) groups is 1. The fourth-order valence-corrected chi connectivity index (χ4v) is 3.05. The lowest BCUT2D eigenvalue weighted by Gasteiger charge is -2.21. The van der Waals surface area contributed by atoms with Gasteiger partial charge in [-0.05, 0) is 41.8 Å². The summed E-state index contributed by atoms with van der Waals surface area (Å²) in [6.45, 7) is 1.02. The zero-order valence-corrected chi connectivity index (χ0v) is 14.7. The molecule has 6 heteroatoms. The average molecular weight is 357 g/mol. The highest BCUT2D eigenvalue weighted by Crippen LogP contribution is 2.18. The lowest BCUT2D eigenvalue weighted by Crippen LogP contribution is -2.33. The van der Waals surface area contributed by atoms with Crippen molar-refractivity contribution < 1.29 is 18.7 Å². The average Bonchev–Trinajstić information content (AvgIpc) is 3.33. The van der Waals surface area contributed by atoms with Crippen molar-refractivity contribution in [1.29, 1.82) is 0 Å². The number of amides is 1. The van der Waals surface area contributed by atoms with Crippen LogP contribution in [0, 0.1) is 0 Å². The molecule has 0 saturated heterocycles. The summed E-state index contributed by atoms with van der Waals surface area (Å²) in [4.78, 5) is 15.5. The van der Waals surface area contributed by atoms with Crippen LogP contribution in [-0.4, -0.2) is 24.5 Å². The highest BCUT2D eigenvalue weighted by molar-refractivity contribution is 7.09. The van der Waals surface area contributed by atoms with Crippen LogP contribution in [0.1, 0.15) is 10.4 Å². The van der Waals surface area contributed by atoms with Crippen molar-refractivity contribution in [2.24, 2.45) is 0 Å². The van der Waals surface area contributed by atoms with Crippen LogP contribution in [0.4, 0.5) is 0 Å². The molecule has 0 saturated carbocycles. The number of furan rings is 1. The maximum Gasteiger partial charge on any atom is 0.261 e. The first-order valence-electron chi connectivity index (χ1n) is 7.82. The zero-order valence-electron chi connectivity index (χ0n) is 13.9. The molecule has 0 atom stereocenters. The van der Waals surface area contributed by atoms with Crippen LogP contribution in [0.25, 0.3) is 0 Å². The van der Waals surface area contributed by atoms with Crippen molar-refractivity contribution in [3.05, 3.63) is 70.8 Å². The molecule has 0 bridgehead atoms. The summed E-state index contributed by atoms with van der Waals surface area (Å²) in [6, 6.07) is 13.0. The molecule has 1 aromatic carbocycles. The van der Waals surface area contributed by atoms with Gasteiger partial charge in [-0.1, -0.05) is 6.07 Å². The molecule has 130 valence electrons. The van der Waals surface area contributed by atoms with Crippen LogP contribution >= 0.6 is 11.3 Å². The smallest absolute Gasteiger partial charge is 0.261 e. The van der Waals surface area contributed by atoms with Crippen LogP contribution in [0.15, 0.2) is 64.8 Å². The first-order valence-corrected chi connectivity index (χ1v) is 8.70. The van der Waals surface area contributed by atoms with Gasteiger partial charge >= 0.3 is 0 Å². The van der Waals surface area contributed by atoms with Crippen molar-refractivity contribution in [1.82, 2.24) is 4.90 Å². The number of benzene rings is 1. The minimum Gasteiger partial charge on any atom is -0.497 e. The Bertz CT molecular complexity index is 730. The SMILES string of the molecule is COc1ccc(OCC(=O)N(Cc2ccoc2)Cc2cccs2)cc1. The lowest BCUT2D eigenvalue weighted by molar-refractivity contribution is -0.134. The standard InChI is InChI=1S/C19H19NO4S/c1-22-16-4-6-17(7-5-16)24-14-19(21)20(11-15-8-9-23-13-15)12-18-3-2-10-25-18/h2-10,13H,11-12,14H2,1H3. The van der Waals surface area contributed by atoms with Crippen molar-refractivity contribution >= 4 is 17.2 Å². The number of ether oxygens (including phenoxy) is 2. The van der Waals surface area contributed by atoms with E-state index in [-0.39, 0.29) is 12.5 Å². The second-order valence-corrected chi connectivity index (χ2v) is 6.46. The number of methoxy groups -OCH3 is 1. The van der Waals surface area contributed by atoms with Gasteiger partial charge in [-0.3, -0.25) is 4.79 Å². The summed E-state index contributed by atoms with van der Waals surface area (Å²) >= 11 is 1.63. The maximum absolute atomic E-state index is 12.6. The van der Waals surface area contributed by atoms with Crippen LogP contribution in [-0.2, 0) is 17.9 Å². The third-order valence-corrected chi connectivity index (χ3v) is 4.52. The number of nitrogens with zero attached hydrogens (tertiary/aromatic N) is 1. The van der Waals surface area contributed by atoms with Gasteiger partial charge in [0.05, 0.1) is 26.2 Å². The fraction of sp³-hybridized carbons (Fsp3) is 0.211. The summed E-state index contributed by atoms with van der Waals surface area (Å²) in [5.74, 6) is 1.30. The van der Waals surface area contributed by atoms with E-state index in [1.54, 1.807) is 60.1 Å². The molecule has 5 nitrogen and oxygen atoms in total. The molecule has 25 heavy (non-hydrogen) atoms. The van der Waals surface area contributed by atoms with Crippen molar-refractivity contribution in [2.75, 3.05) is 13.7 Å². The van der Waals surface area contributed by atoms with Crippen LogP contribution in [0.2, 0.25) is 0 Å². The molecule has 0 aliphatic heterocycles. The summed E-state index contributed by atoms with van der Waals surface area (Å²) in [5, 5.41) is 2.00. The predicted molar refractivity (Wildman–Crippen MR) is 95.8 cm³/mol. The summed E-state index contributed by atoms with van der Waals surface area (Å²) < 4.78 is 15.8. The number of thiophene rings is 1. The van der Waals surface area contributed by atoms with Crippen LogP contribution < -0.4 is 9.47 Å². The first-order chi connectivity index (χ1) is 12.2. The number of rotatable bonds is 8. The van der Waals surface area contributed by atoms with Crippen molar-refractivity contribution in [3.8, 4) is 11.5 Å². The van der Waals surface area contributed by atoms with Crippen molar-refractivity contribution in [2.45, 2.75) is 13.1 Å². The van der Waals surface area contributed by atoms with Gasteiger partial charge in [-0.15, -0.1) is 11.3 Å². The quantitative estimate of drug-likeness (QED) is 0.612. The second-order valence-electron chi connectivity index (χ2n) is 5.42. The van der Waals surface area contributed by atoms with E-state index < -0.39 is 0 Å². The normalized spacial score (nSPS) is 10.4. The molecular formula is C19H19NO4S. The summed E-state index contributed by atoms with van der Waals surface area (Å²) in [7, 11) is 1.61. The molecule has 0 spiro atoms. The molecule has 2 heterocycles. The summed E-state index contributed by atoms with van der Waals surface area (Å²) in [6.07, 6.45) is 3.26. The topological polar surface area (TPSA) is 51.9 Å². The van der Waals surface area contributed by atoms with E-state index in [0.717, 1.165) is 16.2 Å². The molecule has 0 aliphatic carbocycles. The molecule has 3 aromatic rings. The van der Waals surface area contributed by atoms with E-state index in [1.807, 2.05) is 23.6 Å². The fourth-order valence-electron chi connectivity index (χ4n) is 2.33. The van der Waals surface area contributed by atoms with Crippen molar-refractivity contribution in [3.63, 3.8) is 0 Å². The Morgan fingerprint density at radius 1 is 1.12 bits per heavy atom. The van der Waals surface area contributed by atoms with Crippen LogP contribution in [0.3, 0.4) is 0 Å². The van der Waals surface area contributed by atoms with Gasteiger partial charge in [-0.2, -0.15) is 0 Å². The predicted octanol–water partition coefficient (Wildman–Crippen LogP) is 3.96. The van der Waals surface area contributed by atoms with E-state index in [9.17, 15) is 4.79 Å². The molecule has 0 unspecified atom stereocenters. The Morgan fingerprint density at radius 2 is 1.92 bits per heavy atom. The van der Waals surface area contributed by atoms with Gasteiger partial charge in [0, 0.05) is 17.0 Å². The Labute approximate surface area is 150 Å².